The second-order valence-electron chi connectivity index (χ2n) is 0.740. The Bertz CT molecular complexity index is 42.9. The lowest BCUT2D eigenvalue weighted by atomic mass is 9.97. The molecule has 1 N–H and O–H groups in total. The van der Waals surface area contributed by atoms with E-state index in [-0.39, 0.29) is 5.68 Å². The van der Waals surface area contributed by atoms with Crippen LogP contribution < -0.4 is 0 Å². The first-order chi connectivity index (χ1) is 2.27. The minimum atomic E-state index is -0.315. The highest BCUT2D eigenvalue weighted by atomic mass is 16.2. The highest BCUT2D eigenvalue weighted by Crippen LogP contribution is 1.51. The normalized spacial score (nSPS) is 6.80. The predicted molar refractivity (Wildman–Crippen MR) is 18.7 cm³/mol. The molecular formula is C2H4BO2. The quantitative estimate of drug-likeness (QED) is 0.408. The molecule has 2 nitrogen and oxygen atoms in total. The van der Waals surface area contributed by atoms with Gasteiger partial charge < -0.3 is 9.82 Å². The molecule has 0 aliphatic rings. The van der Waals surface area contributed by atoms with Crippen LogP contribution in [0, 0.1) is 0 Å². The van der Waals surface area contributed by atoms with E-state index in [1.54, 1.807) is 0 Å². The lowest BCUT2D eigenvalue weighted by molar-refractivity contribution is -0.110. The summed E-state index contributed by atoms with van der Waals surface area (Å²) in [6.45, 7) is 1.28. The fraction of sp³-hybridized carbons (Fsp3) is 0.500. The van der Waals surface area contributed by atoms with Crippen LogP contribution in [0.1, 0.15) is 6.92 Å². The summed E-state index contributed by atoms with van der Waals surface area (Å²) in [5, 5.41) is 7.67. The molecule has 0 aliphatic heterocycles. The van der Waals surface area contributed by atoms with Crippen LogP contribution in [0.4, 0.5) is 0 Å². The Hall–Kier alpha value is -0.305. The summed E-state index contributed by atoms with van der Waals surface area (Å²) >= 11 is 0. The number of hydrogen-bond donors (Lipinski definition) is 1. The van der Waals surface area contributed by atoms with Crippen molar-refractivity contribution in [3.8, 4) is 0 Å². The largest absolute Gasteiger partial charge is 0.448 e. The predicted octanol–water partition coefficient (Wildman–Crippen LogP) is -0.856. The van der Waals surface area contributed by atoms with Crippen molar-refractivity contribution in [2.75, 3.05) is 0 Å². The van der Waals surface area contributed by atoms with Crippen molar-refractivity contribution in [3.63, 3.8) is 0 Å². The molecule has 0 rings (SSSR count). The Morgan fingerprint density at radius 1 is 2.00 bits per heavy atom. The van der Waals surface area contributed by atoms with Crippen LogP contribution in [-0.4, -0.2) is 18.2 Å². The minimum Gasteiger partial charge on any atom is -0.448 e. The van der Waals surface area contributed by atoms with Crippen molar-refractivity contribution < 1.29 is 9.82 Å². The molecule has 0 heterocycles. The fourth-order valence-corrected chi connectivity index (χ4v) is 0. The van der Waals surface area contributed by atoms with Crippen LogP contribution in [0.25, 0.3) is 0 Å². The zero-order chi connectivity index (χ0) is 4.28. The molecule has 0 aromatic heterocycles. The molecule has 0 amide bonds. The lowest BCUT2D eigenvalue weighted by Crippen LogP contribution is -1.99. The summed E-state index contributed by atoms with van der Waals surface area (Å²) in [4.78, 5) is 9.51. The van der Waals surface area contributed by atoms with E-state index in [1.807, 2.05) is 0 Å². The summed E-state index contributed by atoms with van der Waals surface area (Å²) in [5.74, 6) is 0. The van der Waals surface area contributed by atoms with Gasteiger partial charge >= 0.3 is 7.48 Å². The molecule has 0 aromatic carbocycles. The van der Waals surface area contributed by atoms with Crippen LogP contribution >= 0.6 is 0 Å². The molecule has 0 saturated carbocycles. The van der Waals surface area contributed by atoms with E-state index >= 15 is 0 Å². The van der Waals surface area contributed by atoms with Crippen LogP contribution in [-0.2, 0) is 4.79 Å². The molecule has 5 heavy (non-hydrogen) atoms. The van der Waals surface area contributed by atoms with Gasteiger partial charge in [-0.05, 0) is 6.92 Å². The van der Waals surface area contributed by atoms with E-state index in [0.29, 0.717) is 7.48 Å². The molecule has 0 aromatic rings. The molecule has 0 saturated heterocycles. The van der Waals surface area contributed by atoms with E-state index in [2.05, 4.69) is 0 Å². The molecule has 0 atom stereocenters. The summed E-state index contributed by atoms with van der Waals surface area (Å²) in [6, 6.07) is 0. The van der Waals surface area contributed by atoms with Crippen molar-refractivity contribution in [2.24, 2.45) is 0 Å². The standard InChI is InChI=1S/C2H4BO2/c1-2(4)3-5/h5H,1H3. The van der Waals surface area contributed by atoms with Gasteiger partial charge in [-0.2, -0.15) is 0 Å². The van der Waals surface area contributed by atoms with Crippen molar-refractivity contribution in [1.82, 2.24) is 0 Å². The van der Waals surface area contributed by atoms with E-state index in [1.165, 1.54) is 6.92 Å². The molecule has 0 fully saturated rings. The van der Waals surface area contributed by atoms with Gasteiger partial charge in [0.2, 0.25) is 0 Å². The smallest absolute Gasteiger partial charge is 0.372 e. The monoisotopic (exact) mass is 71.0 g/mol. The van der Waals surface area contributed by atoms with Crippen LogP contribution in [0.15, 0.2) is 0 Å². The number of carbonyl (C=O) groups excluding carboxylic acids is 1. The Labute approximate surface area is 31.1 Å². The first kappa shape index (κ1) is 4.69. The van der Waals surface area contributed by atoms with Crippen molar-refractivity contribution in [1.29, 1.82) is 0 Å². The highest BCUT2D eigenvalue weighted by Gasteiger charge is 1.85. The second kappa shape index (κ2) is 1.97. The maximum atomic E-state index is 9.51. The van der Waals surface area contributed by atoms with E-state index < -0.39 is 0 Å². The van der Waals surface area contributed by atoms with Crippen LogP contribution in [0.3, 0.4) is 0 Å². The first-order valence-electron chi connectivity index (χ1n) is 1.25. The Morgan fingerprint density at radius 2 is 2.20 bits per heavy atom. The van der Waals surface area contributed by atoms with E-state index in [0.717, 1.165) is 0 Å². The van der Waals surface area contributed by atoms with Crippen molar-refractivity contribution in [3.05, 3.63) is 0 Å². The maximum Gasteiger partial charge on any atom is 0.372 e. The third-order valence-electron chi connectivity index (χ3n) is 0.182. The SMILES string of the molecule is CC(=O)[B]O. The molecule has 0 aliphatic carbocycles. The zero-order valence-electron chi connectivity index (χ0n) is 2.93. The molecule has 1 radical (unpaired) electrons. The molecule has 0 spiro atoms. The van der Waals surface area contributed by atoms with Crippen molar-refractivity contribution in [2.45, 2.75) is 6.92 Å². The van der Waals surface area contributed by atoms with E-state index in [9.17, 15) is 4.79 Å². The molecule has 0 unspecified atom stereocenters. The van der Waals surface area contributed by atoms with Gasteiger partial charge in [-0.25, -0.2) is 0 Å². The van der Waals surface area contributed by atoms with Crippen LogP contribution in [0.5, 0.6) is 0 Å². The van der Waals surface area contributed by atoms with Gasteiger partial charge in [-0.3, -0.25) is 0 Å². The fourth-order valence-electron chi connectivity index (χ4n) is 0. The Kier molecular flexibility index (Phi) is 1.85. The van der Waals surface area contributed by atoms with Gasteiger partial charge in [0.1, 0.15) is 5.68 Å². The van der Waals surface area contributed by atoms with Gasteiger partial charge in [0, 0.05) is 0 Å². The average molecular weight is 70.9 g/mol. The van der Waals surface area contributed by atoms with Gasteiger partial charge in [0.05, 0.1) is 0 Å². The Balaban J connectivity index is 2.85. The minimum absolute atomic E-state index is 0.315. The topological polar surface area (TPSA) is 37.3 Å². The molecule has 0 bridgehead atoms. The van der Waals surface area contributed by atoms with Gasteiger partial charge in [-0.15, -0.1) is 0 Å². The molecular weight excluding hydrogens is 66.8 g/mol. The first-order valence-corrected chi connectivity index (χ1v) is 1.25. The Morgan fingerprint density at radius 3 is 2.20 bits per heavy atom. The van der Waals surface area contributed by atoms with Crippen molar-refractivity contribution >= 4 is 13.2 Å². The van der Waals surface area contributed by atoms with Gasteiger partial charge in [0.15, 0.2) is 0 Å². The summed E-state index contributed by atoms with van der Waals surface area (Å²) < 4.78 is 0. The van der Waals surface area contributed by atoms with E-state index in [4.69, 9.17) is 5.02 Å². The summed E-state index contributed by atoms with van der Waals surface area (Å²) in [7, 11) is 0.528. The molecule has 27 valence electrons. The second-order valence-corrected chi connectivity index (χ2v) is 0.740. The van der Waals surface area contributed by atoms with Gasteiger partial charge in [0.25, 0.3) is 0 Å². The average Bonchev–Trinajstić information content (AvgIpc) is 1.38. The van der Waals surface area contributed by atoms with Crippen LogP contribution in [0.2, 0.25) is 0 Å². The summed E-state index contributed by atoms with van der Waals surface area (Å²) in [5.41, 5.74) is -0.315. The number of rotatable bonds is 1. The lowest BCUT2D eigenvalue weighted by Gasteiger charge is -1.67. The third kappa shape index (κ3) is 3.69. The van der Waals surface area contributed by atoms with Gasteiger partial charge in [-0.1, -0.05) is 0 Å². The molecule has 3 heteroatoms. The third-order valence-corrected chi connectivity index (χ3v) is 0.182. The highest BCUT2D eigenvalue weighted by molar-refractivity contribution is 6.67. The maximum absolute atomic E-state index is 9.51. The number of carbonyl (C=O) groups is 1. The summed E-state index contributed by atoms with van der Waals surface area (Å²) in [6.07, 6.45) is 0. The number of hydrogen-bond acceptors (Lipinski definition) is 2. The zero-order valence-corrected chi connectivity index (χ0v) is 2.93.